The molecule has 1 rings (SSSR count). The first kappa shape index (κ1) is 14.7. The fourth-order valence-electron chi connectivity index (χ4n) is 2.57. The first-order valence-corrected chi connectivity index (χ1v) is 6.49. The van der Waals surface area contributed by atoms with Gasteiger partial charge in [-0.3, -0.25) is 0 Å². The summed E-state index contributed by atoms with van der Waals surface area (Å²) in [4.78, 5) is 21.7. The Bertz CT molecular complexity index is 333. The van der Waals surface area contributed by atoms with E-state index < -0.39 is 11.9 Å². The van der Waals surface area contributed by atoms with Gasteiger partial charge in [-0.1, -0.05) is 27.2 Å². The van der Waals surface area contributed by atoms with Gasteiger partial charge in [-0.15, -0.1) is 0 Å². The maximum atomic E-state index is 11.5. The third kappa shape index (κ3) is 4.51. The summed E-state index contributed by atoms with van der Waals surface area (Å²) >= 11 is 0. The van der Waals surface area contributed by atoms with E-state index in [1.54, 1.807) is 0 Å². The van der Waals surface area contributed by atoms with Crippen molar-refractivity contribution in [1.29, 1.82) is 0 Å². The average molecular weight is 253 g/mol. The van der Waals surface area contributed by atoms with Gasteiger partial charge in [-0.2, -0.15) is 0 Å². The Morgan fingerprint density at radius 3 is 2.50 bits per heavy atom. The first-order chi connectivity index (χ1) is 8.40. The van der Waals surface area contributed by atoms with E-state index >= 15 is 0 Å². The minimum Gasteiger partial charge on any atom is -0.545 e. The molecular formula is C14H21O4-. The molecule has 102 valence electrons. The van der Waals surface area contributed by atoms with Gasteiger partial charge in [0.2, 0.25) is 0 Å². The molecule has 1 aliphatic rings. The lowest BCUT2D eigenvalue weighted by molar-refractivity contribution is -0.297. The second kappa shape index (κ2) is 6.57. The summed E-state index contributed by atoms with van der Waals surface area (Å²) in [6, 6.07) is 0. The van der Waals surface area contributed by atoms with Crippen LogP contribution in [-0.4, -0.2) is 18.0 Å². The van der Waals surface area contributed by atoms with Gasteiger partial charge in [0.15, 0.2) is 0 Å². The summed E-state index contributed by atoms with van der Waals surface area (Å²) < 4.78 is 5.37. The van der Waals surface area contributed by atoms with E-state index in [2.05, 4.69) is 20.8 Å². The number of rotatable bonds is 4. The van der Waals surface area contributed by atoms with Gasteiger partial charge in [-0.25, -0.2) is 4.79 Å². The van der Waals surface area contributed by atoms with E-state index in [1.165, 1.54) is 0 Å². The van der Waals surface area contributed by atoms with Crippen LogP contribution in [0.5, 0.6) is 0 Å². The zero-order valence-corrected chi connectivity index (χ0v) is 11.2. The summed E-state index contributed by atoms with van der Waals surface area (Å²) in [5.41, 5.74) is 0. The largest absolute Gasteiger partial charge is 0.545 e. The Morgan fingerprint density at radius 1 is 1.28 bits per heavy atom. The molecule has 3 atom stereocenters. The lowest BCUT2D eigenvalue weighted by atomic mass is 9.75. The van der Waals surface area contributed by atoms with Crippen LogP contribution >= 0.6 is 0 Å². The number of hydrogen-bond acceptors (Lipinski definition) is 4. The van der Waals surface area contributed by atoms with Gasteiger partial charge < -0.3 is 14.6 Å². The molecule has 18 heavy (non-hydrogen) atoms. The SMILES string of the molecule is CC1CCC(C(C)C)C(OC(=O)/C=C\C(=O)[O-])C1. The maximum absolute atomic E-state index is 11.5. The first-order valence-electron chi connectivity index (χ1n) is 6.49. The van der Waals surface area contributed by atoms with E-state index in [0.717, 1.165) is 25.3 Å². The van der Waals surface area contributed by atoms with Crippen molar-refractivity contribution in [1.82, 2.24) is 0 Å². The van der Waals surface area contributed by atoms with E-state index in [-0.39, 0.29) is 6.10 Å². The predicted molar refractivity (Wildman–Crippen MR) is 65.4 cm³/mol. The summed E-state index contributed by atoms with van der Waals surface area (Å²) in [5, 5.41) is 10.2. The van der Waals surface area contributed by atoms with Gasteiger partial charge in [0.1, 0.15) is 6.10 Å². The van der Waals surface area contributed by atoms with Crippen LogP contribution in [0.1, 0.15) is 40.0 Å². The molecule has 0 aromatic carbocycles. The highest BCUT2D eigenvalue weighted by Gasteiger charge is 2.32. The lowest BCUT2D eigenvalue weighted by Gasteiger charge is -2.36. The van der Waals surface area contributed by atoms with Crippen molar-refractivity contribution in [3.63, 3.8) is 0 Å². The third-order valence-electron chi connectivity index (χ3n) is 3.58. The van der Waals surface area contributed by atoms with Gasteiger partial charge in [0.25, 0.3) is 0 Å². The molecule has 1 saturated carbocycles. The molecule has 3 unspecified atom stereocenters. The maximum Gasteiger partial charge on any atom is 0.331 e. The van der Waals surface area contributed by atoms with Crippen LogP contribution in [0.2, 0.25) is 0 Å². The van der Waals surface area contributed by atoms with Gasteiger partial charge in [0.05, 0.1) is 5.97 Å². The number of carbonyl (C=O) groups is 2. The Labute approximate surface area is 108 Å². The number of hydrogen-bond donors (Lipinski definition) is 0. The van der Waals surface area contributed by atoms with E-state index in [4.69, 9.17) is 4.74 Å². The van der Waals surface area contributed by atoms with Crippen LogP contribution in [-0.2, 0) is 14.3 Å². The van der Waals surface area contributed by atoms with Gasteiger partial charge >= 0.3 is 5.97 Å². The number of carboxylic acid groups (broad SMARTS) is 1. The standard InChI is InChI=1S/C14H22O4/c1-9(2)11-5-4-10(3)8-12(11)18-14(17)7-6-13(15)16/h6-7,9-12H,4-5,8H2,1-3H3,(H,15,16)/p-1/b7-6-. The zero-order valence-electron chi connectivity index (χ0n) is 11.2. The Morgan fingerprint density at radius 2 is 1.94 bits per heavy atom. The molecule has 0 N–H and O–H groups in total. The molecule has 1 aliphatic carbocycles. The highest BCUT2D eigenvalue weighted by molar-refractivity contribution is 5.89. The lowest BCUT2D eigenvalue weighted by Crippen LogP contribution is -2.35. The van der Waals surface area contributed by atoms with Gasteiger partial charge in [0, 0.05) is 6.08 Å². The second-order valence-corrected chi connectivity index (χ2v) is 5.45. The van der Waals surface area contributed by atoms with Crippen molar-refractivity contribution in [3.05, 3.63) is 12.2 Å². The fourth-order valence-corrected chi connectivity index (χ4v) is 2.57. The van der Waals surface area contributed by atoms with Crippen LogP contribution < -0.4 is 5.11 Å². The van der Waals surface area contributed by atoms with Crippen molar-refractivity contribution in [2.24, 2.45) is 17.8 Å². The molecule has 0 radical (unpaired) electrons. The fraction of sp³-hybridized carbons (Fsp3) is 0.714. The van der Waals surface area contributed by atoms with Crippen LogP contribution in [0.15, 0.2) is 12.2 Å². The van der Waals surface area contributed by atoms with E-state index in [9.17, 15) is 14.7 Å². The topological polar surface area (TPSA) is 66.4 Å². The quantitative estimate of drug-likeness (QED) is 0.559. The molecule has 0 saturated heterocycles. The van der Waals surface area contributed by atoms with Crippen molar-refractivity contribution < 1.29 is 19.4 Å². The number of carboxylic acids is 1. The van der Waals surface area contributed by atoms with Crippen LogP contribution in [0.25, 0.3) is 0 Å². The molecular weight excluding hydrogens is 232 g/mol. The van der Waals surface area contributed by atoms with E-state index in [0.29, 0.717) is 23.8 Å². The number of esters is 1. The van der Waals surface area contributed by atoms with Crippen molar-refractivity contribution in [2.45, 2.75) is 46.1 Å². The third-order valence-corrected chi connectivity index (χ3v) is 3.58. The molecule has 0 amide bonds. The molecule has 0 bridgehead atoms. The number of ether oxygens (including phenoxy) is 1. The molecule has 4 heteroatoms. The predicted octanol–water partition coefficient (Wildman–Crippen LogP) is 1.30. The second-order valence-electron chi connectivity index (χ2n) is 5.45. The minimum atomic E-state index is -1.38. The summed E-state index contributed by atoms with van der Waals surface area (Å²) in [5.74, 6) is -0.613. The van der Waals surface area contributed by atoms with Crippen LogP contribution in [0.4, 0.5) is 0 Å². The molecule has 0 aromatic rings. The summed E-state index contributed by atoms with van der Waals surface area (Å²) in [7, 11) is 0. The number of aliphatic carboxylic acids is 1. The highest BCUT2D eigenvalue weighted by atomic mass is 16.5. The Hall–Kier alpha value is -1.32. The minimum absolute atomic E-state index is 0.104. The molecule has 0 aliphatic heterocycles. The molecule has 0 aromatic heterocycles. The summed E-state index contributed by atoms with van der Waals surface area (Å²) in [6.45, 7) is 6.39. The molecule has 1 fully saturated rings. The zero-order chi connectivity index (χ0) is 13.7. The highest BCUT2D eigenvalue weighted by Crippen LogP contribution is 2.35. The molecule has 4 nitrogen and oxygen atoms in total. The smallest absolute Gasteiger partial charge is 0.331 e. The van der Waals surface area contributed by atoms with E-state index in [1.807, 2.05) is 0 Å². The van der Waals surface area contributed by atoms with Gasteiger partial charge in [-0.05, 0) is 36.7 Å². The summed E-state index contributed by atoms with van der Waals surface area (Å²) in [6.07, 6.45) is 4.60. The average Bonchev–Trinajstić information content (AvgIpc) is 2.26. The Balaban J connectivity index is 2.60. The molecule has 0 spiro atoms. The monoisotopic (exact) mass is 253 g/mol. The van der Waals surface area contributed by atoms with Crippen LogP contribution in [0.3, 0.4) is 0 Å². The number of carbonyl (C=O) groups excluding carboxylic acids is 2. The normalized spacial score (nSPS) is 28.6. The Kier molecular flexibility index (Phi) is 5.38. The van der Waals surface area contributed by atoms with Crippen molar-refractivity contribution >= 4 is 11.9 Å². The van der Waals surface area contributed by atoms with Crippen molar-refractivity contribution in [3.8, 4) is 0 Å². The molecule has 0 heterocycles. The van der Waals surface area contributed by atoms with Crippen LogP contribution in [0, 0.1) is 17.8 Å². The van der Waals surface area contributed by atoms with Crippen molar-refractivity contribution in [2.75, 3.05) is 0 Å².